The fourth-order valence-electron chi connectivity index (χ4n) is 3.01. The summed E-state index contributed by atoms with van der Waals surface area (Å²) in [6, 6.07) is 8.78. The van der Waals surface area contributed by atoms with E-state index in [1.165, 1.54) is 24.3 Å². The Morgan fingerprint density at radius 1 is 0.964 bits per heavy atom. The highest BCUT2D eigenvalue weighted by Gasteiger charge is 2.31. The Kier molecular flexibility index (Phi) is 5.64. The van der Waals surface area contributed by atoms with Gasteiger partial charge >= 0.3 is 16.3 Å². The summed E-state index contributed by atoms with van der Waals surface area (Å²) in [4.78, 5) is 11.7. The molecule has 9 heteroatoms. The molecule has 0 unspecified atom stereocenters. The van der Waals surface area contributed by atoms with E-state index in [-0.39, 0.29) is 22.5 Å². The number of anilines is 1. The number of rotatable bonds is 5. The fraction of sp³-hybridized carbons (Fsp3) is 0.316. The summed E-state index contributed by atoms with van der Waals surface area (Å²) in [5, 5.41) is 2.78. The maximum Gasteiger partial charge on any atom is 0.416 e. The van der Waals surface area contributed by atoms with E-state index in [0.717, 1.165) is 37.8 Å². The quantitative estimate of drug-likeness (QED) is 0.727. The van der Waals surface area contributed by atoms with E-state index in [9.17, 15) is 26.4 Å². The SMILES string of the molecule is O=C(Nc1ccc(OS(=O)(=O)c2ccc(C(F)(F)F)cc2)cc1)C1CCCC1. The molecule has 1 amide bonds. The molecule has 1 aliphatic carbocycles. The van der Waals surface area contributed by atoms with Gasteiger partial charge in [0.15, 0.2) is 0 Å². The molecule has 0 saturated heterocycles. The van der Waals surface area contributed by atoms with E-state index in [1.54, 1.807) is 0 Å². The Bertz CT molecular complexity index is 933. The molecule has 0 radical (unpaired) electrons. The van der Waals surface area contributed by atoms with Crippen LogP contribution in [0.1, 0.15) is 31.2 Å². The monoisotopic (exact) mass is 413 g/mol. The van der Waals surface area contributed by atoms with Crippen molar-refractivity contribution in [3.8, 4) is 5.75 Å². The van der Waals surface area contributed by atoms with Gasteiger partial charge < -0.3 is 9.50 Å². The maximum atomic E-state index is 12.6. The summed E-state index contributed by atoms with van der Waals surface area (Å²) in [6.07, 6.45) is -0.766. The molecule has 1 aliphatic rings. The zero-order valence-corrected chi connectivity index (χ0v) is 15.5. The molecule has 5 nitrogen and oxygen atoms in total. The molecule has 150 valence electrons. The minimum absolute atomic E-state index is 0.00373. The van der Waals surface area contributed by atoms with Gasteiger partial charge in [-0.2, -0.15) is 21.6 Å². The molecule has 1 fully saturated rings. The van der Waals surface area contributed by atoms with E-state index in [1.807, 2.05) is 0 Å². The Morgan fingerprint density at radius 2 is 1.54 bits per heavy atom. The first-order valence-corrected chi connectivity index (χ1v) is 10.1. The standard InChI is InChI=1S/C19H18F3NO4S/c20-19(21,22)14-5-11-17(12-6-14)28(25,26)27-16-9-7-15(8-10-16)23-18(24)13-3-1-2-4-13/h5-13H,1-4H2,(H,23,24). The summed E-state index contributed by atoms with van der Waals surface area (Å²) in [7, 11) is -4.28. The normalized spacial score (nSPS) is 15.4. The van der Waals surface area contributed by atoms with E-state index in [2.05, 4.69) is 5.32 Å². The van der Waals surface area contributed by atoms with Gasteiger partial charge in [-0.15, -0.1) is 0 Å². The van der Waals surface area contributed by atoms with Crippen molar-refractivity contribution >= 4 is 21.7 Å². The van der Waals surface area contributed by atoms with Crippen molar-refractivity contribution in [1.29, 1.82) is 0 Å². The summed E-state index contributed by atoms with van der Waals surface area (Å²) >= 11 is 0. The molecule has 0 atom stereocenters. The Labute approximate surface area is 160 Å². The predicted molar refractivity (Wildman–Crippen MR) is 96.3 cm³/mol. The van der Waals surface area contributed by atoms with Crippen LogP contribution in [-0.4, -0.2) is 14.3 Å². The van der Waals surface area contributed by atoms with Crippen LogP contribution in [0.2, 0.25) is 0 Å². The molecule has 1 N–H and O–H groups in total. The molecule has 2 aromatic carbocycles. The van der Waals surface area contributed by atoms with Crippen molar-refractivity contribution in [2.45, 2.75) is 36.8 Å². The predicted octanol–water partition coefficient (Wildman–Crippen LogP) is 4.60. The fourth-order valence-corrected chi connectivity index (χ4v) is 3.94. The lowest BCUT2D eigenvalue weighted by molar-refractivity contribution is -0.137. The number of halogens is 3. The lowest BCUT2D eigenvalue weighted by Gasteiger charge is -2.12. The first kappa shape index (κ1) is 20.2. The van der Waals surface area contributed by atoms with Crippen LogP contribution in [-0.2, 0) is 21.1 Å². The number of carbonyl (C=O) groups is 1. The molecule has 0 aliphatic heterocycles. The largest absolute Gasteiger partial charge is 0.416 e. The van der Waals surface area contributed by atoms with Gasteiger partial charge in [-0.25, -0.2) is 0 Å². The van der Waals surface area contributed by atoms with Crippen LogP contribution in [0.4, 0.5) is 18.9 Å². The van der Waals surface area contributed by atoms with E-state index in [0.29, 0.717) is 17.8 Å². The van der Waals surface area contributed by atoms with Crippen LogP contribution >= 0.6 is 0 Å². The third kappa shape index (κ3) is 4.83. The molecular formula is C19H18F3NO4S. The molecule has 3 rings (SSSR count). The third-order valence-corrected chi connectivity index (χ3v) is 5.79. The maximum absolute atomic E-state index is 12.6. The van der Waals surface area contributed by atoms with Crippen LogP contribution in [0.15, 0.2) is 53.4 Å². The van der Waals surface area contributed by atoms with Crippen molar-refractivity contribution in [3.05, 3.63) is 54.1 Å². The second kappa shape index (κ2) is 7.83. The van der Waals surface area contributed by atoms with Gasteiger partial charge in [0.25, 0.3) is 0 Å². The number of hydrogen-bond acceptors (Lipinski definition) is 4. The highest BCUT2D eigenvalue weighted by Crippen LogP contribution is 2.30. The van der Waals surface area contributed by atoms with Crippen molar-refractivity contribution in [1.82, 2.24) is 0 Å². The number of amides is 1. The van der Waals surface area contributed by atoms with Gasteiger partial charge in [-0.3, -0.25) is 4.79 Å². The third-order valence-electron chi connectivity index (χ3n) is 4.52. The van der Waals surface area contributed by atoms with Crippen LogP contribution < -0.4 is 9.50 Å². The van der Waals surface area contributed by atoms with E-state index < -0.39 is 21.9 Å². The van der Waals surface area contributed by atoms with Gasteiger partial charge in [-0.1, -0.05) is 12.8 Å². The highest BCUT2D eigenvalue weighted by atomic mass is 32.2. The summed E-state index contributed by atoms with van der Waals surface area (Å²) < 4.78 is 67.1. The number of hydrogen-bond donors (Lipinski definition) is 1. The van der Waals surface area contributed by atoms with Gasteiger partial charge in [0, 0.05) is 11.6 Å². The van der Waals surface area contributed by atoms with Crippen LogP contribution in [0.5, 0.6) is 5.75 Å². The molecule has 28 heavy (non-hydrogen) atoms. The van der Waals surface area contributed by atoms with Crippen molar-refractivity contribution in [2.24, 2.45) is 5.92 Å². The molecule has 0 aromatic heterocycles. The second-order valence-corrected chi connectivity index (χ2v) is 8.10. The van der Waals surface area contributed by atoms with Crippen LogP contribution in [0, 0.1) is 5.92 Å². The summed E-state index contributed by atoms with van der Waals surface area (Å²) in [5.74, 6) is -0.0849. The lowest BCUT2D eigenvalue weighted by Crippen LogP contribution is -2.20. The average molecular weight is 413 g/mol. The zero-order chi connectivity index (χ0) is 20.4. The summed E-state index contributed by atoms with van der Waals surface area (Å²) in [6.45, 7) is 0. The Morgan fingerprint density at radius 3 is 2.07 bits per heavy atom. The second-order valence-electron chi connectivity index (χ2n) is 6.55. The molecule has 0 spiro atoms. The Balaban J connectivity index is 1.66. The minimum atomic E-state index is -4.55. The van der Waals surface area contributed by atoms with Crippen LogP contribution in [0.3, 0.4) is 0 Å². The molecule has 0 bridgehead atoms. The average Bonchev–Trinajstić information content (AvgIpc) is 3.17. The van der Waals surface area contributed by atoms with Gasteiger partial charge in [0.1, 0.15) is 10.6 Å². The van der Waals surface area contributed by atoms with E-state index >= 15 is 0 Å². The number of benzene rings is 2. The van der Waals surface area contributed by atoms with Crippen molar-refractivity contribution in [2.75, 3.05) is 5.32 Å². The van der Waals surface area contributed by atoms with Crippen LogP contribution in [0.25, 0.3) is 0 Å². The van der Waals surface area contributed by atoms with Gasteiger partial charge in [-0.05, 0) is 61.4 Å². The Hall–Kier alpha value is -2.55. The highest BCUT2D eigenvalue weighted by molar-refractivity contribution is 7.87. The van der Waals surface area contributed by atoms with E-state index in [4.69, 9.17) is 4.18 Å². The van der Waals surface area contributed by atoms with Gasteiger partial charge in [0.05, 0.1) is 5.56 Å². The first-order valence-electron chi connectivity index (χ1n) is 8.68. The zero-order valence-electron chi connectivity index (χ0n) is 14.7. The van der Waals surface area contributed by atoms with Gasteiger partial charge in [0.2, 0.25) is 5.91 Å². The smallest absolute Gasteiger partial charge is 0.379 e. The number of nitrogens with one attached hydrogen (secondary N) is 1. The number of carbonyl (C=O) groups excluding carboxylic acids is 1. The molecule has 1 saturated carbocycles. The summed E-state index contributed by atoms with van der Waals surface area (Å²) in [5.41, 5.74) is -0.440. The molecule has 2 aromatic rings. The topological polar surface area (TPSA) is 72.5 Å². The van der Waals surface area contributed by atoms with Crippen molar-refractivity contribution < 1.29 is 30.6 Å². The van der Waals surface area contributed by atoms with Crippen molar-refractivity contribution in [3.63, 3.8) is 0 Å². The minimum Gasteiger partial charge on any atom is -0.379 e. The number of alkyl halides is 3. The molecular weight excluding hydrogens is 395 g/mol. The lowest BCUT2D eigenvalue weighted by atomic mass is 10.1. The molecule has 0 heterocycles. The first-order chi connectivity index (χ1) is 13.1.